The highest BCUT2D eigenvalue weighted by Gasteiger charge is 2.36. The van der Waals surface area contributed by atoms with E-state index < -0.39 is 0 Å². The molecule has 7 nitrogen and oxygen atoms in total. The minimum Gasteiger partial charge on any atom is -0.384 e. The summed E-state index contributed by atoms with van der Waals surface area (Å²) in [6, 6.07) is 12.1. The topological polar surface area (TPSA) is 88.5 Å². The zero-order chi connectivity index (χ0) is 20.0. The van der Waals surface area contributed by atoms with E-state index in [0.717, 1.165) is 28.2 Å². The summed E-state index contributed by atoms with van der Waals surface area (Å²) in [4.78, 5) is 17.0. The smallest absolute Gasteiger partial charge is 0.272 e. The monoisotopic (exact) mass is 390 g/mol. The van der Waals surface area contributed by atoms with Crippen LogP contribution in [0.4, 0.5) is 10.1 Å². The van der Waals surface area contributed by atoms with Crippen LogP contribution in [0.25, 0.3) is 10.8 Å². The number of rotatable bonds is 3. The molecule has 0 saturated heterocycles. The van der Waals surface area contributed by atoms with Crippen molar-refractivity contribution in [2.24, 2.45) is 0 Å². The lowest BCUT2D eigenvalue weighted by Gasteiger charge is -2.25. The minimum absolute atomic E-state index is 0.0842. The number of hydrogen-bond donors (Lipinski definition) is 2. The molecular formula is C21H19FN6O. The average molecular weight is 390 g/mol. The molecule has 3 heterocycles. The summed E-state index contributed by atoms with van der Waals surface area (Å²) < 4.78 is 15.4. The van der Waals surface area contributed by atoms with Crippen molar-refractivity contribution in [2.75, 3.05) is 11.9 Å². The molecule has 0 spiro atoms. The maximum absolute atomic E-state index is 13.6. The van der Waals surface area contributed by atoms with Crippen LogP contribution >= 0.6 is 0 Å². The average Bonchev–Trinajstić information content (AvgIpc) is 3.14. The maximum atomic E-state index is 13.6. The number of anilines is 1. The van der Waals surface area contributed by atoms with Crippen LogP contribution in [0, 0.1) is 5.82 Å². The lowest BCUT2D eigenvalue weighted by Crippen LogP contribution is -2.24. The summed E-state index contributed by atoms with van der Waals surface area (Å²) in [5, 5.41) is 16.3. The quantitative estimate of drug-likeness (QED) is 0.561. The van der Waals surface area contributed by atoms with Gasteiger partial charge in [0.15, 0.2) is 0 Å². The molecule has 4 aromatic rings. The molecule has 1 aliphatic heterocycles. The summed E-state index contributed by atoms with van der Waals surface area (Å²) in [7, 11) is 0. The molecule has 1 aliphatic rings. The van der Waals surface area contributed by atoms with Crippen LogP contribution in [0.1, 0.15) is 35.8 Å². The standard InChI is InChI=1S/C21H19FN6O/c1-2-28-20(24-11-25-28)18-15(12-6-8-13(22)9-7-12)10-23-16-5-3-4-14-17(16)19(18)26-27-21(14)29/h3-9,11,15,18,23H,2,10H2,1H3,(H,27,29). The number of aromatic amines is 1. The number of halogens is 1. The number of aryl methyl sites for hydroxylation is 1. The normalized spacial score (nSPS) is 18.4. The Morgan fingerprint density at radius 2 is 2.03 bits per heavy atom. The van der Waals surface area contributed by atoms with Gasteiger partial charge in [0.25, 0.3) is 5.56 Å². The second kappa shape index (κ2) is 6.80. The fourth-order valence-electron chi connectivity index (χ4n) is 4.23. The molecule has 2 aromatic carbocycles. The molecular weight excluding hydrogens is 371 g/mol. The Bertz CT molecular complexity index is 1250. The molecule has 0 saturated carbocycles. The van der Waals surface area contributed by atoms with Crippen molar-refractivity contribution >= 4 is 16.5 Å². The second-order valence-corrected chi connectivity index (χ2v) is 7.12. The van der Waals surface area contributed by atoms with Gasteiger partial charge >= 0.3 is 0 Å². The van der Waals surface area contributed by atoms with E-state index in [-0.39, 0.29) is 23.2 Å². The van der Waals surface area contributed by atoms with E-state index in [2.05, 4.69) is 25.6 Å². The first kappa shape index (κ1) is 17.5. The van der Waals surface area contributed by atoms with Crippen molar-refractivity contribution in [3.05, 3.63) is 82.0 Å². The van der Waals surface area contributed by atoms with Gasteiger partial charge in [0.05, 0.1) is 17.0 Å². The van der Waals surface area contributed by atoms with Gasteiger partial charge in [-0.3, -0.25) is 4.79 Å². The largest absolute Gasteiger partial charge is 0.384 e. The molecule has 0 bridgehead atoms. The Kier molecular flexibility index (Phi) is 4.12. The lowest BCUT2D eigenvalue weighted by atomic mass is 9.82. The molecule has 29 heavy (non-hydrogen) atoms. The Morgan fingerprint density at radius 1 is 1.21 bits per heavy atom. The van der Waals surface area contributed by atoms with Gasteiger partial charge in [-0.05, 0) is 36.8 Å². The highest BCUT2D eigenvalue weighted by Crippen LogP contribution is 2.43. The van der Waals surface area contributed by atoms with Crippen molar-refractivity contribution in [1.29, 1.82) is 0 Å². The van der Waals surface area contributed by atoms with E-state index in [4.69, 9.17) is 0 Å². The SMILES string of the molecule is CCn1ncnc1C1c2n[nH]c(=O)c3cccc(c23)NCC1c1ccc(F)cc1. The van der Waals surface area contributed by atoms with E-state index in [1.807, 2.05) is 23.7 Å². The van der Waals surface area contributed by atoms with Gasteiger partial charge in [-0.2, -0.15) is 10.2 Å². The van der Waals surface area contributed by atoms with Gasteiger partial charge in [0, 0.05) is 30.1 Å². The van der Waals surface area contributed by atoms with Gasteiger partial charge in [-0.25, -0.2) is 19.2 Å². The van der Waals surface area contributed by atoms with Crippen molar-refractivity contribution in [3.8, 4) is 0 Å². The summed E-state index contributed by atoms with van der Waals surface area (Å²) >= 11 is 0. The van der Waals surface area contributed by atoms with Crippen LogP contribution < -0.4 is 10.9 Å². The number of nitrogens with zero attached hydrogens (tertiary/aromatic N) is 4. The Labute approximate surface area is 165 Å². The Balaban J connectivity index is 1.81. The van der Waals surface area contributed by atoms with Crippen LogP contribution in [-0.2, 0) is 6.54 Å². The lowest BCUT2D eigenvalue weighted by molar-refractivity contribution is 0.526. The second-order valence-electron chi connectivity index (χ2n) is 7.12. The van der Waals surface area contributed by atoms with Crippen LogP contribution in [-0.4, -0.2) is 31.5 Å². The van der Waals surface area contributed by atoms with Crippen LogP contribution in [0.3, 0.4) is 0 Å². The molecule has 2 unspecified atom stereocenters. The van der Waals surface area contributed by atoms with E-state index in [1.165, 1.54) is 18.5 Å². The van der Waals surface area contributed by atoms with E-state index in [9.17, 15) is 9.18 Å². The zero-order valence-corrected chi connectivity index (χ0v) is 15.8. The van der Waals surface area contributed by atoms with E-state index >= 15 is 0 Å². The van der Waals surface area contributed by atoms with Crippen molar-refractivity contribution in [3.63, 3.8) is 0 Å². The first-order chi connectivity index (χ1) is 14.2. The summed E-state index contributed by atoms with van der Waals surface area (Å²) in [5.74, 6) is 0.134. The third-order valence-electron chi connectivity index (χ3n) is 5.57. The van der Waals surface area contributed by atoms with Gasteiger partial charge in [0.1, 0.15) is 18.0 Å². The van der Waals surface area contributed by atoms with Gasteiger partial charge in [-0.1, -0.05) is 18.2 Å². The highest BCUT2D eigenvalue weighted by atomic mass is 19.1. The van der Waals surface area contributed by atoms with Crippen molar-refractivity contribution in [1.82, 2.24) is 25.0 Å². The van der Waals surface area contributed by atoms with E-state index in [0.29, 0.717) is 18.5 Å². The Hall–Kier alpha value is -3.55. The molecule has 0 aliphatic carbocycles. The van der Waals surface area contributed by atoms with Crippen molar-refractivity contribution < 1.29 is 4.39 Å². The number of benzene rings is 2. The van der Waals surface area contributed by atoms with E-state index in [1.54, 1.807) is 18.2 Å². The maximum Gasteiger partial charge on any atom is 0.272 e. The number of nitrogens with one attached hydrogen (secondary N) is 2. The molecule has 0 fully saturated rings. The first-order valence-electron chi connectivity index (χ1n) is 9.55. The summed E-state index contributed by atoms with van der Waals surface area (Å²) in [5.41, 5.74) is 2.32. The van der Waals surface area contributed by atoms with Gasteiger partial charge in [0.2, 0.25) is 0 Å². The third-order valence-corrected chi connectivity index (χ3v) is 5.57. The molecule has 2 atom stereocenters. The number of hydrogen-bond acceptors (Lipinski definition) is 5. The molecule has 2 aromatic heterocycles. The predicted octanol–water partition coefficient (Wildman–Crippen LogP) is 3.01. The van der Waals surface area contributed by atoms with Gasteiger partial charge in [-0.15, -0.1) is 0 Å². The molecule has 0 amide bonds. The van der Waals surface area contributed by atoms with Gasteiger partial charge < -0.3 is 5.32 Å². The summed E-state index contributed by atoms with van der Waals surface area (Å²) in [6.07, 6.45) is 1.54. The highest BCUT2D eigenvalue weighted by molar-refractivity contribution is 5.96. The first-order valence-corrected chi connectivity index (χ1v) is 9.55. The van der Waals surface area contributed by atoms with Crippen LogP contribution in [0.5, 0.6) is 0 Å². The Morgan fingerprint density at radius 3 is 2.83 bits per heavy atom. The predicted molar refractivity (Wildman–Crippen MR) is 108 cm³/mol. The fraction of sp³-hybridized carbons (Fsp3) is 0.238. The van der Waals surface area contributed by atoms with Crippen LogP contribution in [0.2, 0.25) is 0 Å². The fourth-order valence-corrected chi connectivity index (χ4v) is 4.23. The minimum atomic E-state index is -0.281. The molecule has 8 heteroatoms. The number of aromatic nitrogens is 5. The molecule has 0 radical (unpaired) electrons. The number of H-pyrrole nitrogens is 1. The summed E-state index contributed by atoms with van der Waals surface area (Å²) in [6.45, 7) is 3.24. The zero-order valence-electron chi connectivity index (χ0n) is 15.8. The van der Waals surface area contributed by atoms with Crippen molar-refractivity contribution in [2.45, 2.75) is 25.3 Å². The molecule has 2 N–H and O–H groups in total. The van der Waals surface area contributed by atoms with Crippen LogP contribution in [0.15, 0.2) is 53.6 Å². The third kappa shape index (κ3) is 2.79. The molecule has 146 valence electrons. The molecule has 5 rings (SSSR count).